The highest BCUT2D eigenvalue weighted by Crippen LogP contribution is 2.30. The molecule has 3 rings (SSSR count). The highest BCUT2D eigenvalue weighted by molar-refractivity contribution is 7.92. The summed E-state index contributed by atoms with van der Waals surface area (Å²) in [4.78, 5) is 12.6. The fourth-order valence-electron chi connectivity index (χ4n) is 2.85. The smallest absolute Gasteiger partial charge is 0.261 e. The maximum Gasteiger partial charge on any atom is 0.261 e. The third-order valence-electron chi connectivity index (χ3n) is 4.33. The van der Waals surface area contributed by atoms with Crippen LogP contribution in [-0.2, 0) is 10.0 Å². The van der Waals surface area contributed by atoms with E-state index in [1.807, 2.05) is 6.92 Å². The van der Waals surface area contributed by atoms with Gasteiger partial charge in [-0.25, -0.2) is 8.42 Å². The van der Waals surface area contributed by atoms with Gasteiger partial charge in [-0.3, -0.25) is 9.52 Å². The Morgan fingerprint density at radius 1 is 0.906 bits per heavy atom. The number of nitrogens with one attached hydrogen (secondary N) is 2. The topological polar surface area (TPSA) is 93.7 Å². The largest absolute Gasteiger partial charge is 0.494 e. The first kappa shape index (κ1) is 23.4. The predicted octanol–water partition coefficient (Wildman–Crippen LogP) is 5.19. The van der Waals surface area contributed by atoms with Crippen LogP contribution in [0.4, 0.5) is 11.4 Å². The van der Waals surface area contributed by atoms with Crippen LogP contribution >= 0.6 is 11.6 Å². The number of sulfonamides is 1. The fraction of sp³-hybridized carbons (Fsp3) is 0.174. The van der Waals surface area contributed by atoms with E-state index in [0.717, 1.165) is 0 Å². The summed E-state index contributed by atoms with van der Waals surface area (Å²) >= 11 is 5.87. The first-order chi connectivity index (χ1) is 15.3. The van der Waals surface area contributed by atoms with Gasteiger partial charge < -0.3 is 14.8 Å². The molecule has 0 spiro atoms. The molecule has 0 heterocycles. The second-order valence-corrected chi connectivity index (χ2v) is 8.73. The average Bonchev–Trinajstić information content (AvgIpc) is 2.77. The van der Waals surface area contributed by atoms with Crippen LogP contribution in [0.15, 0.2) is 71.6 Å². The molecule has 0 saturated carbocycles. The highest BCUT2D eigenvalue weighted by Gasteiger charge is 2.19. The van der Waals surface area contributed by atoms with E-state index in [1.165, 1.54) is 18.2 Å². The van der Waals surface area contributed by atoms with Crippen molar-refractivity contribution in [3.63, 3.8) is 0 Å². The van der Waals surface area contributed by atoms with Crippen LogP contribution in [0.25, 0.3) is 0 Å². The van der Waals surface area contributed by atoms with Crippen LogP contribution in [0.3, 0.4) is 0 Å². The lowest BCUT2D eigenvalue weighted by Crippen LogP contribution is -2.16. The molecule has 3 aromatic rings. The van der Waals surface area contributed by atoms with E-state index in [4.69, 9.17) is 21.1 Å². The molecule has 2 N–H and O–H groups in total. The number of benzene rings is 3. The number of halogens is 1. The quantitative estimate of drug-likeness (QED) is 0.445. The fourth-order valence-corrected chi connectivity index (χ4v) is 4.06. The first-order valence-electron chi connectivity index (χ1n) is 9.92. The van der Waals surface area contributed by atoms with Gasteiger partial charge in [0.2, 0.25) is 0 Å². The predicted molar refractivity (Wildman–Crippen MR) is 125 cm³/mol. The molecule has 3 aromatic carbocycles. The Bertz CT molecular complexity index is 1180. The molecule has 0 saturated heterocycles. The van der Waals surface area contributed by atoms with Crippen LogP contribution < -0.4 is 19.5 Å². The molecule has 0 aromatic heterocycles. The zero-order valence-electron chi connectivity index (χ0n) is 17.6. The molecule has 0 aliphatic rings. The maximum atomic E-state index is 12.9. The number of hydrogen-bond acceptors (Lipinski definition) is 5. The van der Waals surface area contributed by atoms with E-state index < -0.39 is 15.9 Å². The van der Waals surface area contributed by atoms with Crippen LogP contribution in [0.1, 0.15) is 24.2 Å². The van der Waals surface area contributed by atoms with E-state index >= 15 is 0 Å². The second-order valence-electron chi connectivity index (χ2n) is 6.61. The van der Waals surface area contributed by atoms with Gasteiger partial charge in [0.25, 0.3) is 15.9 Å². The number of carbonyl (C=O) groups excluding carboxylic acids is 1. The minimum atomic E-state index is -3.91. The third-order valence-corrected chi connectivity index (χ3v) is 5.96. The Kier molecular flexibility index (Phi) is 7.61. The van der Waals surface area contributed by atoms with Crippen molar-refractivity contribution in [2.75, 3.05) is 23.3 Å². The SMILES string of the molecule is CCOc1ccc(NS(=O)(=O)c2ccc(OCC)c(NC(=O)c3ccc(Cl)cc3)c2)cc1. The molecule has 1 amide bonds. The van der Waals surface area contributed by atoms with Crippen molar-refractivity contribution in [1.82, 2.24) is 0 Å². The Labute approximate surface area is 192 Å². The van der Waals surface area contributed by atoms with Gasteiger partial charge in [-0.1, -0.05) is 11.6 Å². The molecule has 9 heteroatoms. The van der Waals surface area contributed by atoms with Gasteiger partial charge in [-0.05, 0) is 80.6 Å². The summed E-state index contributed by atoms with van der Waals surface area (Å²) in [5, 5.41) is 3.22. The molecule has 0 aliphatic heterocycles. The summed E-state index contributed by atoms with van der Waals surface area (Å²) < 4.78 is 39.3. The second kappa shape index (κ2) is 10.4. The number of anilines is 2. The highest BCUT2D eigenvalue weighted by atomic mass is 35.5. The number of amides is 1. The van der Waals surface area contributed by atoms with Crippen molar-refractivity contribution in [2.24, 2.45) is 0 Å². The van der Waals surface area contributed by atoms with Crippen molar-refractivity contribution >= 4 is 38.9 Å². The molecule has 0 atom stereocenters. The number of carbonyl (C=O) groups is 1. The summed E-state index contributed by atoms with van der Waals surface area (Å²) in [6.07, 6.45) is 0. The standard InChI is InChI=1S/C23H23ClN2O5S/c1-3-30-19-11-9-18(10-12-19)26-32(28,29)20-13-14-22(31-4-2)21(15-20)25-23(27)16-5-7-17(24)8-6-16/h5-15,26H,3-4H2,1-2H3,(H,25,27). The van der Waals surface area contributed by atoms with Crippen LogP contribution in [0, 0.1) is 0 Å². The Morgan fingerprint density at radius 2 is 1.56 bits per heavy atom. The third kappa shape index (κ3) is 5.93. The number of hydrogen-bond donors (Lipinski definition) is 2. The molecule has 0 aliphatic carbocycles. The summed E-state index contributed by atoms with van der Waals surface area (Å²) in [6.45, 7) is 4.52. The van der Waals surface area contributed by atoms with E-state index in [2.05, 4.69) is 10.0 Å². The lowest BCUT2D eigenvalue weighted by atomic mass is 10.2. The van der Waals surface area contributed by atoms with Crippen molar-refractivity contribution in [3.8, 4) is 11.5 Å². The molecule has 7 nitrogen and oxygen atoms in total. The molecular weight excluding hydrogens is 452 g/mol. The molecule has 0 bridgehead atoms. The Balaban J connectivity index is 1.86. The van der Waals surface area contributed by atoms with Gasteiger partial charge in [0.15, 0.2) is 0 Å². The van der Waals surface area contributed by atoms with Crippen molar-refractivity contribution in [3.05, 3.63) is 77.3 Å². The summed E-state index contributed by atoms with van der Waals surface area (Å²) in [6, 6.07) is 17.2. The summed E-state index contributed by atoms with van der Waals surface area (Å²) in [5.41, 5.74) is 0.994. The minimum Gasteiger partial charge on any atom is -0.494 e. The summed E-state index contributed by atoms with van der Waals surface area (Å²) in [5.74, 6) is 0.579. The number of ether oxygens (including phenoxy) is 2. The van der Waals surface area contributed by atoms with Gasteiger partial charge in [-0.2, -0.15) is 0 Å². The lowest BCUT2D eigenvalue weighted by molar-refractivity contribution is 0.102. The monoisotopic (exact) mass is 474 g/mol. The molecule has 0 fully saturated rings. The van der Waals surface area contributed by atoms with Crippen molar-refractivity contribution < 1.29 is 22.7 Å². The van der Waals surface area contributed by atoms with Gasteiger partial charge >= 0.3 is 0 Å². The van der Waals surface area contributed by atoms with Crippen molar-refractivity contribution in [1.29, 1.82) is 0 Å². The van der Waals surface area contributed by atoms with Gasteiger partial charge in [0.1, 0.15) is 11.5 Å². The van der Waals surface area contributed by atoms with Crippen LogP contribution in [-0.4, -0.2) is 27.5 Å². The van der Waals surface area contributed by atoms with Gasteiger partial charge in [-0.15, -0.1) is 0 Å². The maximum absolute atomic E-state index is 12.9. The zero-order chi connectivity index (χ0) is 23.1. The molecular formula is C23H23ClN2O5S. The Hall–Kier alpha value is -3.23. The van der Waals surface area contributed by atoms with E-state index in [9.17, 15) is 13.2 Å². The van der Waals surface area contributed by atoms with E-state index in [0.29, 0.717) is 41.0 Å². The Morgan fingerprint density at radius 3 is 2.19 bits per heavy atom. The van der Waals surface area contributed by atoms with E-state index in [-0.39, 0.29) is 10.6 Å². The van der Waals surface area contributed by atoms with Crippen LogP contribution in [0.5, 0.6) is 11.5 Å². The average molecular weight is 475 g/mol. The molecule has 0 unspecified atom stereocenters. The van der Waals surface area contributed by atoms with Crippen molar-refractivity contribution in [2.45, 2.75) is 18.7 Å². The minimum absolute atomic E-state index is 0.0266. The normalized spacial score (nSPS) is 11.0. The molecule has 0 radical (unpaired) electrons. The first-order valence-corrected chi connectivity index (χ1v) is 11.8. The van der Waals surface area contributed by atoms with E-state index in [1.54, 1.807) is 55.5 Å². The number of rotatable bonds is 9. The summed E-state index contributed by atoms with van der Waals surface area (Å²) in [7, 11) is -3.91. The van der Waals surface area contributed by atoms with Gasteiger partial charge in [0.05, 0.1) is 23.8 Å². The van der Waals surface area contributed by atoms with Gasteiger partial charge in [0, 0.05) is 16.3 Å². The molecule has 32 heavy (non-hydrogen) atoms. The lowest BCUT2D eigenvalue weighted by Gasteiger charge is -2.14. The molecule has 168 valence electrons. The zero-order valence-corrected chi connectivity index (χ0v) is 19.2. The van der Waals surface area contributed by atoms with Crippen LogP contribution in [0.2, 0.25) is 5.02 Å².